The van der Waals surface area contributed by atoms with Gasteiger partial charge in [-0.3, -0.25) is 4.99 Å². The van der Waals surface area contributed by atoms with Crippen LogP contribution in [-0.2, 0) is 13.0 Å². The SMILES string of the molecule is CN=C(NCCc1csc(N2CCCC2)n1)N(C)Cc1ccc(OC)c(F)c1.I. The number of nitrogens with one attached hydrogen (secondary N) is 1. The third-order valence-electron chi connectivity index (χ3n) is 4.79. The van der Waals surface area contributed by atoms with Crippen molar-refractivity contribution in [1.82, 2.24) is 15.2 Å². The van der Waals surface area contributed by atoms with Crippen LogP contribution in [0.15, 0.2) is 28.6 Å². The van der Waals surface area contributed by atoms with Gasteiger partial charge in [0.25, 0.3) is 0 Å². The van der Waals surface area contributed by atoms with Crippen molar-refractivity contribution in [3.63, 3.8) is 0 Å². The Kier molecular flexibility index (Phi) is 9.41. The molecule has 1 aliphatic rings. The zero-order valence-corrected chi connectivity index (χ0v) is 20.3. The number of benzene rings is 1. The summed E-state index contributed by atoms with van der Waals surface area (Å²) in [6, 6.07) is 5.01. The van der Waals surface area contributed by atoms with Gasteiger partial charge in [-0.25, -0.2) is 9.37 Å². The molecule has 1 saturated heterocycles. The first kappa shape index (κ1) is 23.7. The van der Waals surface area contributed by atoms with Crippen LogP contribution in [-0.4, -0.2) is 56.7 Å². The number of thiazole rings is 1. The molecular weight excluding hydrogens is 504 g/mol. The predicted octanol–water partition coefficient (Wildman–Crippen LogP) is 3.76. The third-order valence-corrected chi connectivity index (χ3v) is 5.74. The summed E-state index contributed by atoms with van der Waals surface area (Å²) in [4.78, 5) is 13.4. The molecule has 1 aliphatic heterocycles. The molecule has 0 saturated carbocycles. The highest BCUT2D eigenvalue weighted by Crippen LogP contribution is 2.24. The second kappa shape index (κ2) is 11.5. The Hall–Kier alpha value is -1.62. The van der Waals surface area contributed by atoms with E-state index in [4.69, 9.17) is 9.72 Å². The predicted molar refractivity (Wildman–Crippen MR) is 128 cm³/mol. The molecule has 9 heteroatoms. The molecule has 0 aliphatic carbocycles. The maximum absolute atomic E-state index is 13.9. The quantitative estimate of drug-likeness (QED) is 0.334. The monoisotopic (exact) mass is 533 g/mol. The zero-order chi connectivity index (χ0) is 19.9. The maximum atomic E-state index is 13.9. The van der Waals surface area contributed by atoms with Gasteiger partial charge in [0.1, 0.15) is 0 Å². The van der Waals surface area contributed by atoms with Gasteiger partial charge in [0.15, 0.2) is 22.7 Å². The maximum Gasteiger partial charge on any atom is 0.193 e. The van der Waals surface area contributed by atoms with Crippen molar-refractivity contribution in [3.8, 4) is 5.75 Å². The number of aliphatic imine (C=N–C) groups is 1. The zero-order valence-electron chi connectivity index (χ0n) is 17.2. The highest BCUT2D eigenvalue weighted by molar-refractivity contribution is 14.0. The van der Waals surface area contributed by atoms with Crippen LogP contribution < -0.4 is 15.0 Å². The molecule has 2 aromatic rings. The van der Waals surface area contributed by atoms with Crippen LogP contribution in [0.4, 0.5) is 9.52 Å². The fourth-order valence-electron chi connectivity index (χ4n) is 3.31. The summed E-state index contributed by atoms with van der Waals surface area (Å²) in [7, 11) is 5.15. The molecule has 0 unspecified atom stereocenters. The van der Waals surface area contributed by atoms with E-state index in [-0.39, 0.29) is 35.5 Å². The highest BCUT2D eigenvalue weighted by Gasteiger charge is 2.15. The average molecular weight is 533 g/mol. The molecule has 0 bridgehead atoms. The second-order valence-corrected chi connectivity index (χ2v) is 7.70. The Bertz CT molecular complexity index is 810. The largest absolute Gasteiger partial charge is 0.494 e. The number of anilines is 1. The average Bonchev–Trinajstić information content (AvgIpc) is 3.37. The normalized spacial score (nSPS) is 13.9. The van der Waals surface area contributed by atoms with E-state index in [2.05, 4.69) is 20.6 Å². The number of nitrogens with zero attached hydrogens (tertiary/aromatic N) is 4. The van der Waals surface area contributed by atoms with Gasteiger partial charge < -0.3 is 19.9 Å². The molecule has 1 aromatic carbocycles. The fraction of sp³-hybridized carbons (Fsp3) is 0.500. The summed E-state index contributed by atoms with van der Waals surface area (Å²) in [6.07, 6.45) is 3.36. The smallest absolute Gasteiger partial charge is 0.193 e. The van der Waals surface area contributed by atoms with Crippen LogP contribution in [0.25, 0.3) is 0 Å². The van der Waals surface area contributed by atoms with E-state index in [1.807, 2.05) is 18.0 Å². The van der Waals surface area contributed by atoms with Gasteiger partial charge in [-0.05, 0) is 30.5 Å². The van der Waals surface area contributed by atoms with E-state index < -0.39 is 0 Å². The van der Waals surface area contributed by atoms with Crippen LogP contribution in [0, 0.1) is 5.82 Å². The molecule has 0 amide bonds. The number of halogens is 2. The molecule has 1 fully saturated rings. The second-order valence-electron chi connectivity index (χ2n) is 6.86. The van der Waals surface area contributed by atoms with E-state index in [9.17, 15) is 4.39 Å². The van der Waals surface area contributed by atoms with E-state index in [1.165, 1.54) is 26.0 Å². The van der Waals surface area contributed by atoms with Gasteiger partial charge in [0.05, 0.1) is 12.8 Å². The summed E-state index contributed by atoms with van der Waals surface area (Å²) in [5, 5.41) is 6.64. The van der Waals surface area contributed by atoms with Gasteiger partial charge in [0, 0.05) is 52.1 Å². The Balaban J connectivity index is 0.00000300. The van der Waals surface area contributed by atoms with E-state index in [0.29, 0.717) is 6.54 Å². The van der Waals surface area contributed by atoms with Crippen LogP contribution in [0.2, 0.25) is 0 Å². The molecule has 0 atom stereocenters. The number of aromatic nitrogens is 1. The van der Waals surface area contributed by atoms with Gasteiger partial charge in [0.2, 0.25) is 0 Å². The number of hydrogen-bond donors (Lipinski definition) is 1. The number of methoxy groups -OCH3 is 1. The minimum atomic E-state index is -0.353. The van der Waals surface area contributed by atoms with Crippen molar-refractivity contribution in [2.45, 2.75) is 25.8 Å². The number of guanidine groups is 1. The lowest BCUT2D eigenvalue weighted by Gasteiger charge is -2.22. The summed E-state index contributed by atoms with van der Waals surface area (Å²) in [5.74, 6) is 0.672. The summed E-state index contributed by atoms with van der Waals surface area (Å²) < 4.78 is 18.9. The van der Waals surface area contributed by atoms with Crippen molar-refractivity contribution in [1.29, 1.82) is 0 Å². The number of hydrogen-bond acceptors (Lipinski definition) is 5. The van der Waals surface area contributed by atoms with Crippen LogP contribution in [0.1, 0.15) is 24.1 Å². The van der Waals surface area contributed by atoms with Crippen LogP contribution in [0.3, 0.4) is 0 Å². The first-order valence-electron chi connectivity index (χ1n) is 9.54. The molecular formula is C20H29FIN5OS. The Morgan fingerprint density at radius 2 is 2.14 bits per heavy atom. The van der Waals surface area contributed by atoms with Crippen LogP contribution >= 0.6 is 35.3 Å². The molecule has 1 N–H and O–H groups in total. The van der Waals surface area contributed by atoms with E-state index in [0.717, 1.165) is 48.4 Å². The van der Waals surface area contributed by atoms with E-state index in [1.54, 1.807) is 24.5 Å². The summed E-state index contributed by atoms with van der Waals surface area (Å²) in [6.45, 7) is 3.54. The van der Waals surface area contributed by atoms with Gasteiger partial charge >= 0.3 is 0 Å². The Labute approximate surface area is 193 Å². The fourth-order valence-corrected chi connectivity index (χ4v) is 4.22. The third kappa shape index (κ3) is 6.43. The minimum absolute atomic E-state index is 0. The van der Waals surface area contributed by atoms with Gasteiger partial charge in [-0.15, -0.1) is 35.3 Å². The Morgan fingerprint density at radius 1 is 1.38 bits per heavy atom. The molecule has 0 radical (unpaired) electrons. The van der Waals surface area contributed by atoms with Crippen molar-refractivity contribution in [2.75, 3.05) is 45.7 Å². The molecule has 1 aromatic heterocycles. The summed E-state index contributed by atoms with van der Waals surface area (Å²) in [5.41, 5.74) is 1.97. The first-order valence-corrected chi connectivity index (χ1v) is 10.4. The summed E-state index contributed by atoms with van der Waals surface area (Å²) >= 11 is 1.72. The first-order chi connectivity index (χ1) is 13.6. The lowest BCUT2D eigenvalue weighted by Crippen LogP contribution is -2.39. The molecule has 6 nitrogen and oxygen atoms in total. The number of ether oxygens (including phenoxy) is 1. The molecule has 2 heterocycles. The molecule has 3 rings (SSSR count). The van der Waals surface area contributed by atoms with Gasteiger partial charge in [-0.1, -0.05) is 6.07 Å². The molecule has 160 valence electrons. The van der Waals surface area contributed by atoms with Crippen molar-refractivity contribution in [2.24, 2.45) is 4.99 Å². The van der Waals surface area contributed by atoms with E-state index >= 15 is 0 Å². The van der Waals surface area contributed by atoms with Crippen molar-refractivity contribution >= 4 is 46.4 Å². The van der Waals surface area contributed by atoms with Gasteiger partial charge in [-0.2, -0.15) is 0 Å². The lowest BCUT2D eigenvalue weighted by molar-refractivity contribution is 0.385. The highest BCUT2D eigenvalue weighted by atomic mass is 127. The minimum Gasteiger partial charge on any atom is -0.494 e. The standard InChI is InChI=1S/C20H28FN5OS.HI/c1-22-19(25(2)13-15-6-7-18(27-3)17(21)12-15)23-9-8-16-14-28-20(24-16)26-10-4-5-11-26;/h6-7,12,14H,4-5,8-11,13H2,1-3H3,(H,22,23);1H. The molecule has 0 spiro atoms. The molecule has 29 heavy (non-hydrogen) atoms. The Morgan fingerprint density at radius 3 is 2.79 bits per heavy atom. The van der Waals surface area contributed by atoms with Crippen LogP contribution in [0.5, 0.6) is 5.75 Å². The number of rotatable bonds is 7. The lowest BCUT2D eigenvalue weighted by atomic mass is 10.2. The van der Waals surface area contributed by atoms with Crippen molar-refractivity contribution in [3.05, 3.63) is 40.7 Å². The topological polar surface area (TPSA) is 53.0 Å². The van der Waals surface area contributed by atoms with Crippen molar-refractivity contribution < 1.29 is 9.13 Å².